The summed E-state index contributed by atoms with van der Waals surface area (Å²) in [6, 6.07) is 7.71. The standard InChI is InChI=1S/C26H33N3O4S/c1-17(30)29-14-12-18-8-3-4-9-19(18)21(29)16-23(31)28-26-24(25(32)27-13-7-15-33-2)20-10-5-6-11-22(20)34-26/h3-4,8-9,21H,5-7,10-16H2,1-2H3,(H,27,32)(H,28,31). The highest BCUT2D eigenvalue weighted by Gasteiger charge is 2.32. The number of benzene rings is 1. The molecule has 4 rings (SSSR count). The molecule has 1 unspecified atom stereocenters. The molecule has 0 fully saturated rings. The van der Waals surface area contributed by atoms with E-state index >= 15 is 0 Å². The smallest absolute Gasteiger partial charge is 0.254 e. The molecule has 1 aliphatic carbocycles. The summed E-state index contributed by atoms with van der Waals surface area (Å²) in [4.78, 5) is 41.6. The van der Waals surface area contributed by atoms with E-state index in [1.807, 2.05) is 18.2 Å². The van der Waals surface area contributed by atoms with Crippen LogP contribution in [0.3, 0.4) is 0 Å². The second kappa shape index (κ2) is 11.1. The Morgan fingerprint density at radius 1 is 1.15 bits per heavy atom. The van der Waals surface area contributed by atoms with Crippen LogP contribution in [-0.4, -0.2) is 49.4 Å². The third kappa shape index (κ3) is 5.33. The van der Waals surface area contributed by atoms with Crippen molar-refractivity contribution >= 4 is 34.1 Å². The van der Waals surface area contributed by atoms with Gasteiger partial charge in [0.1, 0.15) is 5.00 Å². The Morgan fingerprint density at radius 3 is 2.74 bits per heavy atom. The summed E-state index contributed by atoms with van der Waals surface area (Å²) in [5.74, 6) is -0.353. The van der Waals surface area contributed by atoms with Crippen LogP contribution in [0.15, 0.2) is 24.3 Å². The van der Waals surface area contributed by atoms with Crippen LogP contribution in [0.5, 0.6) is 0 Å². The minimum atomic E-state index is -0.302. The molecule has 2 N–H and O–H groups in total. The van der Waals surface area contributed by atoms with Crippen LogP contribution in [0.1, 0.15) is 70.6 Å². The first-order valence-corrected chi connectivity index (χ1v) is 12.9. The van der Waals surface area contributed by atoms with Gasteiger partial charge in [-0.2, -0.15) is 0 Å². The normalized spacial score (nSPS) is 17.0. The van der Waals surface area contributed by atoms with E-state index in [4.69, 9.17) is 4.74 Å². The lowest BCUT2D eigenvalue weighted by atomic mass is 9.90. The first-order valence-electron chi connectivity index (χ1n) is 12.1. The van der Waals surface area contributed by atoms with Gasteiger partial charge in [-0.25, -0.2) is 0 Å². The quantitative estimate of drug-likeness (QED) is 0.558. The lowest BCUT2D eigenvalue weighted by Gasteiger charge is -2.36. The number of methoxy groups -OCH3 is 1. The Labute approximate surface area is 204 Å². The fourth-order valence-corrected chi connectivity index (χ4v) is 6.31. The Kier molecular flexibility index (Phi) is 8.00. The maximum Gasteiger partial charge on any atom is 0.254 e. The Morgan fingerprint density at radius 2 is 1.94 bits per heavy atom. The van der Waals surface area contributed by atoms with Crippen LogP contribution in [0.4, 0.5) is 5.00 Å². The van der Waals surface area contributed by atoms with Crippen molar-refractivity contribution < 1.29 is 19.1 Å². The highest BCUT2D eigenvalue weighted by molar-refractivity contribution is 7.17. The molecule has 3 amide bonds. The van der Waals surface area contributed by atoms with Crippen LogP contribution < -0.4 is 10.6 Å². The zero-order chi connectivity index (χ0) is 24.1. The maximum atomic E-state index is 13.3. The van der Waals surface area contributed by atoms with Crippen molar-refractivity contribution in [3.05, 3.63) is 51.4 Å². The number of thiophene rings is 1. The van der Waals surface area contributed by atoms with E-state index in [1.165, 1.54) is 21.8 Å². The molecule has 0 spiro atoms. The number of nitrogens with one attached hydrogen (secondary N) is 2. The number of carbonyl (C=O) groups excluding carboxylic acids is 3. The topological polar surface area (TPSA) is 87.7 Å². The number of aryl methyl sites for hydroxylation is 1. The molecule has 182 valence electrons. The predicted molar refractivity (Wildman–Crippen MR) is 133 cm³/mol. The van der Waals surface area contributed by atoms with Crippen LogP contribution >= 0.6 is 11.3 Å². The van der Waals surface area contributed by atoms with Crippen molar-refractivity contribution in [1.82, 2.24) is 10.2 Å². The fraction of sp³-hybridized carbons (Fsp3) is 0.500. The number of nitrogens with zero attached hydrogens (tertiary/aromatic N) is 1. The SMILES string of the molecule is COCCCNC(=O)c1c(NC(=O)CC2c3ccccc3CCN2C(C)=O)sc2c1CCCC2. The number of hydrogen-bond acceptors (Lipinski definition) is 5. The molecule has 34 heavy (non-hydrogen) atoms. The van der Waals surface area contributed by atoms with Gasteiger partial charge >= 0.3 is 0 Å². The molecule has 2 aromatic rings. The zero-order valence-corrected chi connectivity index (χ0v) is 20.8. The number of carbonyl (C=O) groups is 3. The average molecular weight is 484 g/mol. The van der Waals surface area contributed by atoms with Crippen molar-refractivity contribution in [2.45, 2.75) is 57.9 Å². The molecular formula is C26H33N3O4S. The third-order valence-corrected chi connectivity index (χ3v) is 7.86. The van der Waals surface area contributed by atoms with Crippen molar-refractivity contribution in [2.75, 3.05) is 32.1 Å². The Balaban J connectivity index is 1.54. The van der Waals surface area contributed by atoms with Gasteiger partial charge in [0.05, 0.1) is 18.0 Å². The minimum Gasteiger partial charge on any atom is -0.385 e. The molecule has 1 atom stereocenters. The van der Waals surface area contributed by atoms with E-state index in [-0.39, 0.29) is 30.2 Å². The van der Waals surface area contributed by atoms with Crippen molar-refractivity contribution in [2.24, 2.45) is 0 Å². The summed E-state index contributed by atoms with van der Waals surface area (Å²) in [7, 11) is 1.64. The summed E-state index contributed by atoms with van der Waals surface area (Å²) in [6.07, 6.45) is 5.63. The molecule has 2 aliphatic rings. The van der Waals surface area contributed by atoms with E-state index in [1.54, 1.807) is 18.9 Å². The second-order valence-corrected chi connectivity index (χ2v) is 10.1. The molecule has 1 aromatic heterocycles. The molecule has 8 heteroatoms. The molecule has 1 aromatic carbocycles. The molecule has 1 aliphatic heterocycles. The van der Waals surface area contributed by atoms with Gasteiger partial charge in [0.2, 0.25) is 11.8 Å². The van der Waals surface area contributed by atoms with E-state index in [0.717, 1.165) is 49.7 Å². The number of amides is 3. The van der Waals surface area contributed by atoms with Crippen LogP contribution in [0.25, 0.3) is 0 Å². The monoisotopic (exact) mass is 483 g/mol. The van der Waals surface area contributed by atoms with Crippen molar-refractivity contribution in [3.8, 4) is 0 Å². The highest BCUT2D eigenvalue weighted by Crippen LogP contribution is 2.39. The third-order valence-electron chi connectivity index (χ3n) is 6.66. The summed E-state index contributed by atoms with van der Waals surface area (Å²) in [5.41, 5.74) is 3.89. The van der Waals surface area contributed by atoms with Gasteiger partial charge in [-0.05, 0) is 55.2 Å². The van der Waals surface area contributed by atoms with Gasteiger partial charge in [-0.15, -0.1) is 11.3 Å². The molecule has 0 radical (unpaired) electrons. The van der Waals surface area contributed by atoms with Crippen molar-refractivity contribution in [3.63, 3.8) is 0 Å². The summed E-state index contributed by atoms with van der Waals surface area (Å²) < 4.78 is 5.07. The number of anilines is 1. The van der Waals surface area contributed by atoms with Gasteiger partial charge in [0, 0.05) is 38.6 Å². The van der Waals surface area contributed by atoms with Gasteiger partial charge in [0.25, 0.3) is 5.91 Å². The average Bonchev–Trinajstić information content (AvgIpc) is 3.19. The number of ether oxygens (including phenoxy) is 1. The van der Waals surface area contributed by atoms with Crippen molar-refractivity contribution in [1.29, 1.82) is 0 Å². The first-order chi connectivity index (χ1) is 16.5. The van der Waals surface area contributed by atoms with E-state index < -0.39 is 0 Å². The van der Waals surface area contributed by atoms with Crippen LogP contribution in [0, 0.1) is 0 Å². The second-order valence-electron chi connectivity index (χ2n) is 8.95. The molecule has 0 bridgehead atoms. The zero-order valence-electron chi connectivity index (χ0n) is 19.9. The van der Waals surface area contributed by atoms with Crippen LogP contribution in [-0.2, 0) is 33.6 Å². The predicted octanol–water partition coefficient (Wildman–Crippen LogP) is 3.87. The fourth-order valence-electron chi connectivity index (χ4n) is 5.00. The van der Waals surface area contributed by atoms with E-state index in [9.17, 15) is 14.4 Å². The maximum absolute atomic E-state index is 13.3. The molecular weight excluding hydrogens is 450 g/mol. The van der Waals surface area contributed by atoms with Gasteiger partial charge in [-0.1, -0.05) is 24.3 Å². The lowest BCUT2D eigenvalue weighted by molar-refractivity contribution is -0.132. The van der Waals surface area contributed by atoms with Gasteiger partial charge in [0.15, 0.2) is 0 Å². The molecule has 2 heterocycles. The first kappa shape index (κ1) is 24.4. The number of hydrogen-bond donors (Lipinski definition) is 2. The Bertz CT molecular complexity index is 1060. The minimum absolute atomic E-state index is 0.0324. The largest absolute Gasteiger partial charge is 0.385 e. The number of rotatable bonds is 8. The molecule has 0 saturated carbocycles. The number of fused-ring (bicyclic) bond motifs is 2. The van der Waals surface area contributed by atoms with E-state index in [0.29, 0.717) is 30.3 Å². The summed E-state index contributed by atoms with van der Waals surface area (Å²) >= 11 is 1.52. The summed E-state index contributed by atoms with van der Waals surface area (Å²) in [6.45, 7) is 3.27. The van der Waals surface area contributed by atoms with E-state index in [2.05, 4.69) is 16.7 Å². The van der Waals surface area contributed by atoms with Gasteiger partial charge in [-0.3, -0.25) is 14.4 Å². The van der Waals surface area contributed by atoms with Crippen LogP contribution in [0.2, 0.25) is 0 Å². The van der Waals surface area contributed by atoms with Gasteiger partial charge < -0.3 is 20.3 Å². The molecule has 7 nitrogen and oxygen atoms in total. The lowest BCUT2D eigenvalue weighted by Crippen LogP contribution is -2.40. The summed E-state index contributed by atoms with van der Waals surface area (Å²) in [5, 5.41) is 6.65. The molecule has 0 saturated heterocycles. The Hall–Kier alpha value is -2.71. The highest BCUT2D eigenvalue weighted by atomic mass is 32.1.